The highest BCUT2D eigenvalue weighted by Crippen LogP contribution is 2.44. The SMILES string of the molecule is CSN1CC=C(c2cc3c(cn2)OC(C)(C2CCN(C(=O)OC4(C)CC4)CC2)C3)CC1. The van der Waals surface area contributed by atoms with Crippen molar-refractivity contribution in [3.05, 3.63) is 29.6 Å². The highest BCUT2D eigenvalue weighted by atomic mass is 32.2. The van der Waals surface area contributed by atoms with Crippen LogP contribution in [0.4, 0.5) is 4.79 Å². The lowest BCUT2D eigenvalue weighted by Gasteiger charge is -2.39. The predicted molar refractivity (Wildman–Crippen MR) is 123 cm³/mol. The van der Waals surface area contributed by atoms with Gasteiger partial charge in [-0.3, -0.25) is 4.98 Å². The van der Waals surface area contributed by atoms with Gasteiger partial charge in [-0.2, -0.15) is 0 Å². The Labute approximate surface area is 189 Å². The third-order valence-electron chi connectivity index (χ3n) is 7.50. The average molecular weight is 444 g/mol. The lowest BCUT2D eigenvalue weighted by molar-refractivity contribution is 0.00192. The summed E-state index contributed by atoms with van der Waals surface area (Å²) in [4.78, 5) is 19.0. The molecular formula is C24H33N3O3S. The maximum atomic E-state index is 12.4. The van der Waals surface area contributed by atoms with Crippen LogP contribution in [0.1, 0.15) is 57.2 Å². The van der Waals surface area contributed by atoms with Crippen molar-refractivity contribution < 1.29 is 14.3 Å². The van der Waals surface area contributed by atoms with E-state index in [4.69, 9.17) is 14.5 Å². The van der Waals surface area contributed by atoms with E-state index in [9.17, 15) is 4.79 Å². The number of amides is 1. The van der Waals surface area contributed by atoms with Gasteiger partial charge in [-0.1, -0.05) is 18.0 Å². The first-order valence-electron chi connectivity index (χ1n) is 11.5. The summed E-state index contributed by atoms with van der Waals surface area (Å²) in [5, 5.41) is 0. The van der Waals surface area contributed by atoms with Crippen LogP contribution in [0, 0.1) is 5.92 Å². The van der Waals surface area contributed by atoms with E-state index in [1.54, 1.807) is 11.9 Å². The van der Waals surface area contributed by atoms with Crippen LogP contribution in [-0.4, -0.2) is 63.9 Å². The number of carbonyl (C=O) groups is 1. The minimum atomic E-state index is -0.225. The topological polar surface area (TPSA) is 54.9 Å². The summed E-state index contributed by atoms with van der Waals surface area (Å²) in [5.41, 5.74) is 3.28. The molecule has 1 aromatic heterocycles. The summed E-state index contributed by atoms with van der Waals surface area (Å²) in [6, 6.07) is 2.24. The van der Waals surface area contributed by atoms with E-state index in [-0.39, 0.29) is 17.3 Å². The van der Waals surface area contributed by atoms with Gasteiger partial charge in [0, 0.05) is 44.1 Å². The first-order chi connectivity index (χ1) is 14.9. The zero-order valence-electron chi connectivity index (χ0n) is 18.9. The molecule has 1 atom stereocenters. The van der Waals surface area contributed by atoms with Gasteiger partial charge in [0.2, 0.25) is 0 Å². The van der Waals surface area contributed by atoms with Gasteiger partial charge >= 0.3 is 6.09 Å². The molecule has 2 fully saturated rings. The Morgan fingerprint density at radius 2 is 2.03 bits per heavy atom. The van der Waals surface area contributed by atoms with Crippen molar-refractivity contribution in [3.63, 3.8) is 0 Å². The summed E-state index contributed by atoms with van der Waals surface area (Å²) >= 11 is 1.80. The molecule has 1 amide bonds. The van der Waals surface area contributed by atoms with Crippen LogP contribution in [0.25, 0.3) is 5.57 Å². The fourth-order valence-electron chi connectivity index (χ4n) is 5.06. The Morgan fingerprint density at radius 3 is 2.68 bits per heavy atom. The number of hydrogen-bond donors (Lipinski definition) is 0. The highest BCUT2D eigenvalue weighted by Gasteiger charge is 2.46. The van der Waals surface area contributed by atoms with Crippen LogP contribution >= 0.6 is 11.9 Å². The first-order valence-corrected chi connectivity index (χ1v) is 12.7. The van der Waals surface area contributed by atoms with Crippen molar-refractivity contribution in [1.82, 2.24) is 14.2 Å². The second-order valence-corrected chi connectivity index (χ2v) is 10.8. The first kappa shape index (κ1) is 21.1. The summed E-state index contributed by atoms with van der Waals surface area (Å²) in [5.74, 6) is 1.35. The van der Waals surface area contributed by atoms with Crippen molar-refractivity contribution in [1.29, 1.82) is 0 Å². The number of carbonyl (C=O) groups excluding carboxylic acids is 1. The lowest BCUT2D eigenvalue weighted by Crippen LogP contribution is -2.48. The third kappa shape index (κ3) is 4.31. The standard InChI is InChI=1S/C24H33N3O3S/c1-23(8-9-23)30-22(28)26-10-6-19(7-11-26)24(2)15-18-14-20(25-16-21(18)29-24)17-4-12-27(31-3)13-5-17/h4,14,16,19H,5-13,15H2,1-3H3. The van der Waals surface area contributed by atoms with Gasteiger partial charge in [0.05, 0.1) is 11.9 Å². The summed E-state index contributed by atoms with van der Waals surface area (Å²) < 4.78 is 14.5. The molecule has 1 saturated carbocycles. The quantitative estimate of drug-likeness (QED) is 0.637. The molecule has 5 rings (SSSR count). The number of likely N-dealkylation sites (tertiary alicyclic amines) is 1. The molecule has 0 aromatic carbocycles. The van der Waals surface area contributed by atoms with Crippen LogP contribution in [0.3, 0.4) is 0 Å². The Bertz CT molecular complexity index is 892. The van der Waals surface area contributed by atoms with E-state index in [2.05, 4.69) is 29.6 Å². The van der Waals surface area contributed by atoms with Crippen LogP contribution in [-0.2, 0) is 11.2 Å². The van der Waals surface area contributed by atoms with Crippen LogP contribution in [0.2, 0.25) is 0 Å². The highest BCUT2D eigenvalue weighted by molar-refractivity contribution is 7.96. The number of fused-ring (bicyclic) bond motifs is 1. The maximum Gasteiger partial charge on any atom is 0.410 e. The van der Waals surface area contributed by atoms with Gasteiger partial charge in [0.15, 0.2) is 0 Å². The Balaban J connectivity index is 1.21. The molecule has 31 heavy (non-hydrogen) atoms. The number of nitrogens with zero attached hydrogens (tertiary/aromatic N) is 3. The second-order valence-electron chi connectivity index (χ2n) is 9.90. The van der Waals surface area contributed by atoms with E-state index in [1.165, 1.54) is 11.1 Å². The molecule has 1 aromatic rings. The van der Waals surface area contributed by atoms with Gasteiger partial charge in [0.1, 0.15) is 17.0 Å². The van der Waals surface area contributed by atoms with Crippen molar-refractivity contribution in [2.24, 2.45) is 5.92 Å². The van der Waals surface area contributed by atoms with E-state index >= 15 is 0 Å². The van der Waals surface area contributed by atoms with Crippen molar-refractivity contribution in [2.75, 3.05) is 32.4 Å². The van der Waals surface area contributed by atoms with Gasteiger partial charge in [-0.25, -0.2) is 9.10 Å². The number of piperidine rings is 1. The number of rotatable bonds is 4. The fourth-order valence-corrected chi connectivity index (χ4v) is 5.56. The van der Waals surface area contributed by atoms with E-state index < -0.39 is 0 Å². The average Bonchev–Trinajstić information content (AvgIpc) is 3.40. The molecule has 168 valence electrons. The van der Waals surface area contributed by atoms with Gasteiger partial charge < -0.3 is 14.4 Å². The molecule has 4 heterocycles. The van der Waals surface area contributed by atoms with E-state index in [1.807, 2.05) is 18.0 Å². The second kappa shape index (κ2) is 8.00. The zero-order chi connectivity index (χ0) is 21.6. The van der Waals surface area contributed by atoms with Gasteiger partial charge in [-0.05, 0) is 63.8 Å². The minimum absolute atomic E-state index is 0.145. The molecule has 6 nitrogen and oxygen atoms in total. The van der Waals surface area contributed by atoms with Crippen LogP contribution in [0.15, 0.2) is 18.3 Å². The van der Waals surface area contributed by atoms with E-state index in [0.29, 0.717) is 5.92 Å². The molecule has 0 N–H and O–H groups in total. The fraction of sp³-hybridized carbons (Fsp3) is 0.667. The molecule has 7 heteroatoms. The molecule has 0 spiro atoms. The molecule has 0 bridgehead atoms. The lowest BCUT2D eigenvalue weighted by atomic mass is 9.79. The van der Waals surface area contributed by atoms with Gasteiger partial charge in [0.25, 0.3) is 0 Å². The summed E-state index contributed by atoms with van der Waals surface area (Å²) in [6.07, 6.45) is 12.0. The maximum absolute atomic E-state index is 12.4. The monoisotopic (exact) mass is 443 g/mol. The number of ether oxygens (including phenoxy) is 2. The smallest absolute Gasteiger partial charge is 0.410 e. The van der Waals surface area contributed by atoms with Crippen LogP contribution in [0.5, 0.6) is 5.75 Å². The molecule has 1 aliphatic carbocycles. The minimum Gasteiger partial charge on any atom is -0.485 e. The van der Waals surface area contributed by atoms with E-state index in [0.717, 1.165) is 76.1 Å². The number of aromatic nitrogens is 1. The molecule has 1 saturated heterocycles. The molecule has 1 unspecified atom stereocenters. The van der Waals surface area contributed by atoms with Crippen LogP contribution < -0.4 is 4.74 Å². The number of hydrogen-bond acceptors (Lipinski definition) is 6. The molecule has 3 aliphatic heterocycles. The van der Waals surface area contributed by atoms with Crippen molar-refractivity contribution in [3.8, 4) is 5.75 Å². The largest absolute Gasteiger partial charge is 0.485 e. The molecule has 4 aliphatic rings. The normalized spacial score (nSPS) is 28.0. The third-order valence-corrected chi connectivity index (χ3v) is 8.34. The number of pyridine rings is 1. The van der Waals surface area contributed by atoms with Crippen molar-refractivity contribution >= 4 is 23.6 Å². The van der Waals surface area contributed by atoms with Gasteiger partial charge in [-0.15, -0.1) is 0 Å². The predicted octanol–water partition coefficient (Wildman–Crippen LogP) is 4.54. The Hall–Kier alpha value is -1.73. The zero-order valence-corrected chi connectivity index (χ0v) is 19.7. The Morgan fingerprint density at radius 1 is 1.26 bits per heavy atom. The Kier molecular flexibility index (Phi) is 5.45. The summed E-state index contributed by atoms with van der Waals surface area (Å²) in [6.45, 7) is 7.79. The summed E-state index contributed by atoms with van der Waals surface area (Å²) in [7, 11) is 0. The molecular weight excluding hydrogens is 410 g/mol. The van der Waals surface area contributed by atoms with Crippen molar-refractivity contribution in [2.45, 2.75) is 63.6 Å². The molecule has 0 radical (unpaired) electrons.